The van der Waals surface area contributed by atoms with E-state index in [2.05, 4.69) is 5.92 Å². The van der Waals surface area contributed by atoms with Crippen molar-refractivity contribution in [2.45, 2.75) is 38.5 Å². The summed E-state index contributed by atoms with van der Waals surface area (Å²) in [5.41, 5.74) is 0. The fourth-order valence-electron chi connectivity index (χ4n) is 1.70. The zero-order valence-corrected chi connectivity index (χ0v) is 8.09. The highest BCUT2D eigenvalue weighted by Crippen LogP contribution is 2.10. The number of likely N-dealkylation sites (tertiary alicyclic amines) is 1. The van der Waals surface area contributed by atoms with Gasteiger partial charge in [-0.1, -0.05) is 25.2 Å². The molecule has 1 fully saturated rings. The first kappa shape index (κ1) is 10.1. The summed E-state index contributed by atoms with van der Waals surface area (Å²) in [6.45, 7) is 1.81. The highest BCUT2D eigenvalue weighted by Gasteiger charge is 2.12. The second-order valence-corrected chi connectivity index (χ2v) is 3.53. The Kier molecular flexibility index (Phi) is 4.39. The van der Waals surface area contributed by atoms with Crippen molar-refractivity contribution in [2.24, 2.45) is 0 Å². The predicted octanol–water partition coefficient (Wildman–Crippen LogP) is 1.80. The van der Waals surface area contributed by atoms with Crippen LogP contribution >= 0.6 is 0 Å². The Hall–Kier alpha value is -0.970. The van der Waals surface area contributed by atoms with Gasteiger partial charge in [-0.2, -0.15) is 0 Å². The van der Waals surface area contributed by atoms with Crippen molar-refractivity contribution >= 4 is 5.91 Å². The molecule has 2 nitrogen and oxygen atoms in total. The molecule has 72 valence electrons. The molecule has 0 aromatic heterocycles. The van der Waals surface area contributed by atoms with Crippen molar-refractivity contribution in [3.05, 3.63) is 0 Å². The lowest BCUT2D eigenvalue weighted by atomic mass is 10.1. The van der Waals surface area contributed by atoms with Crippen LogP contribution in [0.1, 0.15) is 38.5 Å². The third-order valence-corrected chi connectivity index (χ3v) is 2.46. The smallest absolute Gasteiger partial charge is 0.234 e. The molecule has 1 rings (SSSR count). The van der Waals surface area contributed by atoms with E-state index in [0.29, 0.717) is 0 Å². The lowest BCUT2D eigenvalue weighted by Gasteiger charge is -2.23. The number of nitrogens with zero attached hydrogens (tertiary/aromatic N) is 1. The highest BCUT2D eigenvalue weighted by molar-refractivity contribution is 5.78. The first-order valence-electron chi connectivity index (χ1n) is 5.06. The fraction of sp³-hybridized carbons (Fsp3) is 0.727. The minimum absolute atomic E-state index is 0.129. The van der Waals surface area contributed by atoms with E-state index in [-0.39, 0.29) is 12.3 Å². The molecule has 13 heavy (non-hydrogen) atoms. The van der Waals surface area contributed by atoms with Gasteiger partial charge >= 0.3 is 0 Å². The minimum atomic E-state index is 0.129. The molecule has 0 aromatic rings. The van der Waals surface area contributed by atoms with Gasteiger partial charge in [0.05, 0.1) is 6.42 Å². The molecular formula is C11H17NO. The summed E-state index contributed by atoms with van der Waals surface area (Å²) >= 11 is 0. The average molecular weight is 179 g/mol. The molecule has 0 atom stereocenters. The maximum absolute atomic E-state index is 11.4. The standard InChI is InChI=1S/C11H17NO/c1-2-8-11(13)12-9-6-4-3-5-7-10-12/h1H,3-10H2. The van der Waals surface area contributed by atoms with Crippen LogP contribution in [-0.2, 0) is 4.79 Å². The van der Waals surface area contributed by atoms with Crippen molar-refractivity contribution in [2.75, 3.05) is 13.1 Å². The Bertz CT molecular complexity index is 197. The maximum Gasteiger partial charge on any atom is 0.234 e. The van der Waals surface area contributed by atoms with Crippen LogP contribution in [0.5, 0.6) is 0 Å². The normalized spacial score (nSPS) is 18.5. The van der Waals surface area contributed by atoms with Crippen molar-refractivity contribution in [3.8, 4) is 12.3 Å². The van der Waals surface area contributed by atoms with Crippen LogP contribution in [0.2, 0.25) is 0 Å². The molecule has 0 aromatic carbocycles. The third kappa shape index (κ3) is 3.50. The van der Waals surface area contributed by atoms with E-state index in [1.807, 2.05) is 4.90 Å². The van der Waals surface area contributed by atoms with Gasteiger partial charge in [0, 0.05) is 13.1 Å². The first-order chi connectivity index (χ1) is 6.34. The Morgan fingerprint density at radius 3 is 2.23 bits per heavy atom. The van der Waals surface area contributed by atoms with Crippen LogP contribution in [-0.4, -0.2) is 23.9 Å². The molecule has 0 N–H and O–H groups in total. The lowest BCUT2D eigenvalue weighted by molar-refractivity contribution is -0.130. The molecule has 1 aliphatic heterocycles. The van der Waals surface area contributed by atoms with Crippen LogP contribution < -0.4 is 0 Å². The zero-order valence-electron chi connectivity index (χ0n) is 8.09. The number of amides is 1. The Labute approximate surface area is 80.3 Å². The third-order valence-electron chi connectivity index (χ3n) is 2.46. The summed E-state index contributed by atoms with van der Waals surface area (Å²) in [6.07, 6.45) is 11.5. The average Bonchev–Trinajstić information content (AvgIpc) is 2.03. The minimum Gasteiger partial charge on any atom is -0.342 e. The van der Waals surface area contributed by atoms with Gasteiger partial charge in [0.1, 0.15) is 0 Å². The summed E-state index contributed by atoms with van der Waals surface area (Å²) in [4.78, 5) is 13.4. The van der Waals surface area contributed by atoms with Gasteiger partial charge in [0.15, 0.2) is 0 Å². The van der Waals surface area contributed by atoms with E-state index < -0.39 is 0 Å². The first-order valence-corrected chi connectivity index (χ1v) is 5.06. The summed E-state index contributed by atoms with van der Waals surface area (Å²) in [5, 5.41) is 0. The van der Waals surface area contributed by atoms with Crippen LogP contribution in [0.3, 0.4) is 0 Å². The summed E-state index contributed by atoms with van der Waals surface area (Å²) in [7, 11) is 0. The SMILES string of the molecule is C#CCC(=O)N1CCCCCCC1. The number of hydrogen-bond donors (Lipinski definition) is 0. The van der Waals surface area contributed by atoms with E-state index in [9.17, 15) is 4.79 Å². The number of carbonyl (C=O) groups is 1. The second kappa shape index (κ2) is 5.64. The van der Waals surface area contributed by atoms with Crippen LogP contribution in [0.25, 0.3) is 0 Å². The second-order valence-electron chi connectivity index (χ2n) is 3.53. The summed E-state index contributed by atoms with van der Waals surface area (Å²) in [6, 6.07) is 0. The number of carbonyl (C=O) groups excluding carboxylic acids is 1. The van der Waals surface area contributed by atoms with Crippen molar-refractivity contribution in [1.82, 2.24) is 4.90 Å². The molecule has 0 aliphatic carbocycles. The molecule has 1 heterocycles. The van der Waals surface area contributed by atoms with Crippen LogP contribution in [0, 0.1) is 12.3 Å². The molecule has 1 saturated heterocycles. The monoisotopic (exact) mass is 179 g/mol. The van der Waals surface area contributed by atoms with E-state index in [1.165, 1.54) is 19.3 Å². The lowest BCUT2D eigenvalue weighted by Crippen LogP contribution is -2.33. The summed E-state index contributed by atoms with van der Waals surface area (Å²) in [5.74, 6) is 2.54. The van der Waals surface area contributed by atoms with Crippen molar-refractivity contribution in [3.63, 3.8) is 0 Å². The molecule has 0 unspecified atom stereocenters. The maximum atomic E-state index is 11.4. The van der Waals surface area contributed by atoms with Gasteiger partial charge in [-0.15, -0.1) is 6.42 Å². The molecule has 0 radical (unpaired) electrons. The number of terminal acetylenes is 1. The van der Waals surface area contributed by atoms with Gasteiger partial charge in [-0.3, -0.25) is 4.79 Å². The molecule has 1 amide bonds. The van der Waals surface area contributed by atoms with Crippen molar-refractivity contribution < 1.29 is 4.79 Å². The van der Waals surface area contributed by atoms with Gasteiger partial charge in [0.25, 0.3) is 0 Å². The van der Waals surface area contributed by atoms with Gasteiger partial charge < -0.3 is 4.90 Å². The van der Waals surface area contributed by atoms with E-state index in [0.717, 1.165) is 25.9 Å². The highest BCUT2D eigenvalue weighted by atomic mass is 16.2. The van der Waals surface area contributed by atoms with Crippen LogP contribution in [0.4, 0.5) is 0 Å². The Morgan fingerprint density at radius 1 is 1.15 bits per heavy atom. The van der Waals surface area contributed by atoms with E-state index >= 15 is 0 Å². The molecule has 0 bridgehead atoms. The molecule has 0 saturated carbocycles. The quantitative estimate of drug-likeness (QED) is 0.562. The number of rotatable bonds is 1. The van der Waals surface area contributed by atoms with Gasteiger partial charge in [-0.25, -0.2) is 0 Å². The molecule has 1 aliphatic rings. The molecular weight excluding hydrogens is 162 g/mol. The Morgan fingerprint density at radius 2 is 1.69 bits per heavy atom. The topological polar surface area (TPSA) is 20.3 Å². The Balaban J connectivity index is 2.37. The zero-order chi connectivity index (χ0) is 9.52. The van der Waals surface area contributed by atoms with Crippen LogP contribution in [0.15, 0.2) is 0 Å². The van der Waals surface area contributed by atoms with Gasteiger partial charge in [-0.05, 0) is 12.8 Å². The molecule has 2 heteroatoms. The van der Waals surface area contributed by atoms with E-state index in [4.69, 9.17) is 6.42 Å². The fourth-order valence-corrected chi connectivity index (χ4v) is 1.70. The summed E-state index contributed by atoms with van der Waals surface area (Å²) < 4.78 is 0. The van der Waals surface area contributed by atoms with Crippen molar-refractivity contribution in [1.29, 1.82) is 0 Å². The number of hydrogen-bond acceptors (Lipinski definition) is 1. The predicted molar refractivity (Wildman–Crippen MR) is 53.1 cm³/mol. The van der Waals surface area contributed by atoms with E-state index in [1.54, 1.807) is 0 Å². The van der Waals surface area contributed by atoms with Gasteiger partial charge in [0.2, 0.25) is 5.91 Å². The molecule has 0 spiro atoms. The largest absolute Gasteiger partial charge is 0.342 e.